The Hall–Kier alpha value is -1.36. The van der Waals surface area contributed by atoms with Crippen molar-refractivity contribution >= 4 is 21.6 Å². The molecule has 2 aromatic rings. The van der Waals surface area contributed by atoms with Crippen molar-refractivity contribution in [2.75, 3.05) is 5.32 Å². The standard InChI is InChI=1S/C13H17BrN4/c1-8-5-11(6-16-13(8)14)15-7-12-9(2)17-18(4)10(12)3/h5-6,15H,7H2,1-4H3. The third kappa shape index (κ3) is 2.56. The summed E-state index contributed by atoms with van der Waals surface area (Å²) in [6.07, 6.45) is 1.83. The topological polar surface area (TPSA) is 42.7 Å². The van der Waals surface area contributed by atoms with Gasteiger partial charge in [0.2, 0.25) is 0 Å². The number of hydrogen-bond donors (Lipinski definition) is 1. The zero-order valence-corrected chi connectivity index (χ0v) is 12.7. The van der Waals surface area contributed by atoms with Gasteiger partial charge in [0.1, 0.15) is 4.60 Å². The van der Waals surface area contributed by atoms with Gasteiger partial charge < -0.3 is 5.32 Å². The van der Waals surface area contributed by atoms with E-state index < -0.39 is 0 Å². The highest BCUT2D eigenvalue weighted by Gasteiger charge is 2.09. The van der Waals surface area contributed by atoms with E-state index in [2.05, 4.69) is 44.3 Å². The molecule has 2 aromatic heterocycles. The van der Waals surface area contributed by atoms with Crippen LogP contribution in [-0.2, 0) is 13.6 Å². The van der Waals surface area contributed by atoms with E-state index in [1.54, 1.807) is 0 Å². The minimum atomic E-state index is 0.772. The molecule has 2 rings (SSSR count). The number of halogens is 1. The number of aryl methyl sites for hydroxylation is 3. The summed E-state index contributed by atoms with van der Waals surface area (Å²) in [7, 11) is 1.97. The Morgan fingerprint density at radius 1 is 1.33 bits per heavy atom. The maximum Gasteiger partial charge on any atom is 0.109 e. The summed E-state index contributed by atoms with van der Waals surface area (Å²) in [5, 5.41) is 7.80. The van der Waals surface area contributed by atoms with Crippen molar-refractivity contribution in [3.8, 4) is 0 Å². The number of hydrogen-bond acceptors (Lipinski definition) is 3. The Kier molecular flexibility index (Phi) is 3.71. The minimum Gasteiger partial charge on any atom is -0.380 e. The first-order chi connectivity index (χ1) is 8.49. The number of anilines is 1. The number of rotatable bonds is 3. The molecule has 96 valence electrons. The van der Waals surface area contributed by atoms with Crippen molar-refractivity contribution in [2.45, 2.75) is 27.3 Å². The SMILES string of the molecule is Cc1cc(NCc2c(C)nn(C)c2C)cnc1Br. The molecule has 0 spiro atoms. The third-order valence-electron chi connectivity index (χ3n) is 3.14. The fraction of sp³-hybridized carbons (Fsp3) is 0.385. The van der Waals surface area contributed by atoms with E-state index in [4.69, 9.17) is 0 Å². The van der Waals surface area contributed by atoms with E-state index in [9.17, 15) is 0 Å². The van der Waals surface area contributed by atoms with Crippen LogP contribution in [0.15, 0.2) is 16.9 Å². The van der Waals surface area contributed by atoms with Gasteiger partial charge in [-0.15, -0.1) is 0 Å². The summed E-state index contributed by atoms with van der Waals surface area (Å²) in [5.74, 6) is 0. The lowest BCUT2D eigenvalue weighted by Gasteiger charge is -2.08. The lowest BCUT2D eigenvalue weighted by molar-refractivity contribution is 0.730. The van der Waals surface area contributed by atoms with Crippen LogP contribution in [-0.4, -0.2) is 14.8 Å². The van der Waals surface area contributed by atoms with Gasteiger partial charge in [0.25, 0.3) is 0 Å². The fourth-order valence-corrected chi connectivity index (χ4v) is 2.14. The highest BCUT2D eigenvalue weighted by atomic mass is 79.9. The van der Waals surface area contributed by atoms with Crippen LogP contribution in [0.2, 0.25) is 0 Å². The Balaban J connectivity index is 2.14. The molecule has 0 aromatic carbocycles. The highest BCUT2D eigenvalue weighted by Crippen LogP contribution is 2.18. The predicted molar refractivity (Wildman–Crippen MR) is 76.7 cm³/mol. The number of pyridine rings is 1. The zero-order chi connectivity index (χ0) is 13.3. The molecule has 0 bridgehead atoms. The molecule has 0 atom stereocenters. The smallest absolute Gasteiger partial charge is 0.109 e. The third-order valence-corrected chi connectivity index (χ3v) is 3.97. The summed E-state index contributed by atoms with van der Waals surface area (Å²) in [6, 6.07) is 2.08. The quantitative estimate of drug-likeness (QED) is 0.886. The summed E-state index contributed by atoms with van der Waals surface area (Å²) in [6.45, 7) is 6.92. The molecule has 4 nitrogen and oxygen atoms in total. The summed E-state index contributed by atoms with van der Waals surface area (Å²) >= 11 is 3.40. The molecule has 0 aliphatic heterocycles. The summed E-state index contributed by atoms with van der Waals surface area (Å²) < 4.78 is 2.80. The Bertz CT molecular complexity index is 575. The van der Waals surface area contributed by atoms with Crippen LogP contribution in [0.25, 0.3) is 0 Å². The maximum atomic E-state index is 4.41. The molecule has 18 heavy (non-hydrogen) atoms. The molecular weight excluding hydrogens is 292 g/mol. The monoisotopic (exact) mass is 308 g/mol. The van der Waals surface area contributed by atoms with Crippen LogP contribution in [0.4, 0.5) is 5.69 Å². The van der Waals surface area contributed by atoms with Gasteiger partial charge in [0.15, 0.2) is 0 Å². The molecule has 0 aliphatic rings. The van der Waals surface area contributed by atoms with Gasteiger partial charge in [-0.2, -0.15) is 5.10 Å². The van der Waals surface area contributed by atoms with Gasteiger partial charge in [-0.25, -0.2) is 4.98 Å². The molecule has 0 saturated carbocycles. The second kappa shape index (κ2) is 5.10. The largest absolute Gasteiger partial charge is 0.380 e. The van der Waals surface area contributed by atoms with Crippen LogP contribution in [0.1, 0.15) is 22.5 Å². The molecule has 0 saturated heterocycles. The van der Waals surface area contributed by atoms with Crippen molar-refractivity contribution in [3.63, 3.8) is 0 Å². The highest BCUT2D eigenvalue weighted by molar-refractivity contribution is 9.10. The number of aromatic nitrogens is 3. The predicted octanol–water partition coefficient (Wildman–Crippen LogP) is 3.11. The molecule has 0 radical (unpaired) electrons. The van der Waals surface area contributed by atoms with E-state index >= 15 is 0 Å². The Labute approximate surface area is 116 Å². The van der Waals surface area contributed by atoms with Crippen molar-refractivity contribution in [3.05, 3.63) is 39.4 Å². The average Bonchev–Trinajstić information content (AvgIpc) is 2.56. The van der Waals surface area contributed by atoms with Crippen LogP contribution in [0.5, 0.6) is 0 Å². The molecule has 0 unspecified atom stereocenters. The van der Waals surface area contributed by atoms with Gasteiger partial charge in [0.05, 0.1) is 17.6 Å². The lowest BCUT2D eigenvalue weighted by atomic mass is 10.2. The Morgan fingerprint density at radius 2 is 2.06 bits per heavy atom. The van der Waals surface area contributed by atoms with Gasteiger partial charge in [0, 0.05) is 24.8 Å². The molecule has 0 fully saturated rings. The van der Waals surface area contributed by atoms with Gasteiger partial charge in [-0.1, -0.05) is 0 Å². The van der Waals surface area contributed by atoms with Crippen molar-refractivity contribution in [2.24, 2.45) is 7.05 Å². The van der Waals surface area contributed by atoms with Gasteiger partial charge in [-0.05, 0) is 48.3 Å². The van der Waals surface area contributed by atoms with Crippen LogP contribution in [0, 0.1) is 20.8 Å². The normalized spacial score (nSPS) is 10.7. The van der Waals surface area contributed by atoms with Gasteiger partial charge in [-0.3, -0.25) is 4.68 Å². The lowest BCUT2D eigenvalue weighted by Crippen LogP contribution is -2.03. The number of nitrogens with zero attached hydrogens (tertiary/aromatic N) is 3. The fourth-order valence-electron chi connectivity index (χ4n) is 1.92. The molecule has 5 heteroatoms. The number of nitrogens with one attached hydrogen (secondary N) is 1. The van der Waals surface area contributed by atoms with Crippen molar-refractivity contribution < 1.29 is 0 Å². The van der Waals surface area contributed by atoms with E-state index in [1.165, 1.54) is 11.3 Å². The van der Waals surface area contributed by atoms with E-state index in [-0.39, 0.29) is 0 Å². The first-order valence-electron chi connectivity index (χ1n) is 5.84. The average molecular weight is 309 g/mol. The van der Waals surface area contributed by atoms with Crippen molar-refractivity contribution in [1.29, 1.82) is 0 Å². The summed E-state index contributed by atoms with van der Waals surface area (Å²) in [5.41, 5.74) is 5.67. The van der Waals surface area contributed by atoms with Crippen LogP contribution in [0.3, 0.4) is 0 Å². The summed E-state index contributed by atoms with van der Waals surface area (Å²) in [4.78, 5) is 4.27. The van der Waals surface area contributed by atoms with Gasteiger partial charge >= 0.3 is 0 Å². The molecular formula is C13H17BrN4. The Morgan fingerprint density at radius 3 is 2.61 bits per heavy atom. The zero-order valence-electron chi connectivity index (χ0n) is 11.1. The first kappa shape index (κ1) is 13.1. The second-order valence-corrected chi connectivity index (χ2v) is 5.21. The van der Waals surface area contributed by atoms with E-state index in [1.807, 2.05) is 31.8 Å². The van der Waals surface area contributed by atoms with E-state index in [0.717, 1.165) is 28.1 Å². The second-order valence-electron chi connectivity index (χ2n) is 4.46. The molecule has 2 heterocycles. The van der Waals surface area contributed by atoms with Crippen molar-refractivity contribution in [1.82, 2.24) is 14.8 Å². The minimum absolute atomic E-state index is 0.772. The molecule has 0 amide bonds. The van der Waals surface area contributed by atoms with Crippen LogP contribution >= 0.6 is 15.9 Å². The molecule has 0 aliphatic carbocycles. The maximum absolute atomic E-state index is 4.41. The van der Waals surface area contributed by atoms with Crippen LogP contribution < -0.4 is 5.32 Å². The van der Waals surface area contributed by atoms with E-state index in [0.29, 0.717) is 0 Å². The molecule has 1 N–H and O–H groups in total. The first-order valence-corrected chi connectivity index (χ1v) is 6.63.